The Morgan fingerprint density at radius 3 is 2.11 bits per heavy atom. The van der Waals surface area contributed by atoms with E-state index in [4.69, 9.17) is 11.6 Å². The van der Waals surface area contributed by atoms with Crippen LogP contribution in [0.3, 0.4) is 0 Å². The highest BCUT2D eigenvalue weighted by molar-refractivity contribution is 7.93. The van der Waals surface area contributed by atoms with Crippen molar-refractivity contribution in [3.63, 3.8) is 0 Å². The van der Waals surface area contributed by atoms with Crippen molar-refractivity contribution in [3.05, 3.63) is 93.0 Å². The molecule has 5 aromatic rings. The number of carbonyl (C=O) groups is 3. The molecule has 33 heteroatoms. The second-order valence-electron chi connectivity index (χ2n) is 18.8. The molecule has 76 heavy (non-hydrogen) atoms. The van der Waals surface area contributed by atoms with E-state index in [-0.39, 0.29) is 49.8 Å². The first-order chi connectivity index (χ1) is 34.7. The van der Waals surface area contributed by atoms with E-state index in [1.165, 1.54) is 19.9 Å². The van der Waals surface area contributed by atoms with Gasteiger partial charge in [0.1, 0.15) is 36.5 Å². The van der Waals surface area contributed by atoms with Gasteiger partial charge < -0.3 is 25.5 Å². The van der Waals surface area contributed by atoms with E-state index in [2.05, 4.69) is 20.5 Å². The van der Waals surface area contributed by atoms with Gasteiger partial charge in [0.15, 0.2) is 21.3 Å². The fraction of sp³-hybridized carbons (Fsp3) is 0.442. The van der Waals surface area contributed by atoms with E-state index in [1.54, 1.807) is 5.32 Å². The van der Waals surface area contributed by atoms with Crippen LogP contribution in [0, 0.1) is 17.6 Å². The molecule has 5 N–H and O–H groups in total. The number of sulfone groups is 1. The lowest BCUT2D eigenvalue weighted by atomic mass is 9.93. The number of carboxylic acids is 1. The van der Waals surface area contributed by atoms with Gasteiger partial charge in [0, 0.05) is 40.6 Å². The zero-order valence-electron chi connectivity index (χ0n) is 39.5. The average molecular weight is 1170 g/mol. The topological polar surface area (TPSA) is 273 Å². The number of hydrogen-bond acceptors (Lipinski definition) is 11. The molecular weight excluding hydrogens is 1130 g/mol. The van der Waals surface area contributed by atoms with E-state index in [0.29, 0.717) is 12.3 Å². The summed E-state index contributed by atoms with van der Waals surface area (Å²) in [5.74, 6) is -13.7. The number of amides is 3. The van der Waals surface area contributed by atoms with Crippen molar-refractivity contribution < 1.29 is 94.6 Å². The van der Waals surface area contributed by atoms with Crippen molar-refractivity contribution in [2.75, 3.05) is 23.0 Å². The lowest BCUT2D eigenvalue weighted by molar-refractivity contribution is -0.143. The number of anilines is 1. The Morgan fingerprint density at radius 1 is 0.934 bits per heavy atom. The molecule has 3 aromatic heterocycles. The third-order valence-electron chi connectivity index (χ3n) is 12.7. The molecule has 1 saturated carbocycles. The summed E-state index contributed by atoms with van der Waals surface area (Å²) < 4.78 is 210. The number of rotatable bonds is 18. The number of aromatic nitrogens is 5. The van der Waals surface area contributed by atoms with Crippen LogP contribution in [0.25, 0.3) is 22.0 Å². The summed E-state index contributed by atoms with van der Waals surface area (Å²) in [7, 11) is -14.3. The number of carboxylic acid groups (broad SMARTS) is 1. The third kappa shape index (κ3) is 12.1. The fourth-order valence-electron chi connectivity index (χ4n) is 8.85. The molecule has 3 heterocycles. The molecule has 4 atom stereocenters. The molecule has 1 fully saturated rings. The zero-order chi connectivity index (χ0) is 56.8. The number of aryl methyl sites for hydroxylation is 1. The molecule has 2 aromatic carbocycles. The number of alkyl halides is 8. The monoisotopic (exact) mass is 1170 g/mol. The number of benzene rings is 2. The molecule has 0 radical (unpaired) electrons. The molecule has 0 spiro atoms. The van der Waals surface area contributed by atoms with Crippen molar-refractivity contribution in [2.45, 2.75) is 93.6 Å². The van der Waals surface area contributed by atoms with Gasteiger partial charge in [0.25, 0.3) is 5.92 Å². The maximum Gasteiger partial charge on any atom is 0.435 e. The normalized spacial score (nSPS) is 17.5. The maximum absolute atomic E-state index is 15.6. The maximum atomic E-state index is 15.6. The molecule has 0 aliphatic heterocycles. The van der Waals surface area contributed by atoms with E-state index in [9.17, 15) is 85.8 Å². The summed E-state index contributed by atoms with van der Waals surface area (Å²) in [6.45, 7) is -0.750. The Labute approximate surface area is 428 Å². The molecule has 3 amide bonds. The molecule has 2 aliphatic carbocycles. The van der Waals surface area contributed by atoms with Crippen LogP contribution in [-0.2, 0) is 72.0 Å². The minimum atomic E-state index is -5.29. The summed E-state index contributed by atoms with van der Waals surface area (Å²) in [6, 6.07) is -0.0489. The van der Waals surface area contributed by atoms with Gasteiger partial charge >= 0.3 is 31.9 Å². The van der Waals surface area contributed by atoms with Crippen LogP contribution < -0.4 is 14.9 Å². The van der Waals surface area contributed by atoms with Gasteiger partial charge in [-0.2, -0.15) is 49.6 Å². The molecule has 0 bridgehead atoms. The van der Waals surface area contributed by atoms with E-state index in [0.717, 1.165) is 36.6 Å². The summed E-state index contributed by atoms with van der Waals surface area (Å²) in [5.41, 5.74) is -6.12. The van der Waals surface area contributed by atoms with Gasteiger partial charge in [-0.25, -0.2) is 35.2 Å². The lowest BCUT2D eigenvalue weighted by Gasteiger charge is -2.25. The van der Waals surface area contributed by atoms with Crippen LogP contribution in [0.4, 0.5) is 54.5 Å². The number of aliphatic carboxylic acids is 1. The van der Waals surface area contributed by atoms with E-state index < -0.39 is 180 Å². The van der Waals surface area contributed by atoms with Gasteiger partial charge in [0.2, 0.25) is 15.9 Å². The standard InChI is InChI=1S/C43H42ClF10N8O11PS2/c1-40(2,75(3,70)71)10-9-22-5-6-23(24-7-8-27(44)32-34(24)61(18-41(47,48)49)59-37(32)62(76(4,72)73)39(66)57-29(38(64)65)17-74(67,68)69)33(55-22)28(13-19-11-20(45)14-21(46)12-19)56-30(63)16-60-36-31(35(58-60)43(52,53)54)25-15-26(25)42(36,50)51/h5-8,11-12,14,25-26,28-29H,9-10,13,15-18H2,1-4H3,(H,56,63)(H,57,66)(H,64,65)(H2,67,68,69)/t25-,26?,28-,29?/m0/s1. The average Bonchev–Trinajstić information content (AvgIpc) is 3.76. The van der Waals surface area contributed by atoms with E-state index in [1.807, 2.05) is 0 Å². The second-order valence-corrected chi connectivity index (χ2v) is 25.4. The number of halogens is 11. The van der Waals surface area contributed by atoms with Gasteiger partial charge in [-0.15, -0.1) is 0 Å². The van der Waals surface area contributed by atoms with Crippen LogP contribution in [0.15, 0.2) is 42.5 Å². The number of urea groups is 1. The number of carbonyl (C=O) groups excluding carboxylic acids is 2. The molecule has 7 rings (SSSR count). The van der Waals surface area contributed by atoms with Gasteiger partial charge in [-0.1, -0.05) is 23.7 Å². The van der Waals surface area contributed by atoms with Gasteiger partial charge in [-0.3, -0.25) is 23.7 Å². The molecule has 414 valence electrons. The van der Waals surface area contributed by atoms with Crippen molar-refractivity contribution in [1.29, 1.82) is 0 Å². The number of sulfonamides is 1. The molecular formula is C43H42ClF10N8O11PS2. The lowest BCUT2D eigenvalue weighted by Crippen LogP contribution is -2.51. The summed E-state index contributed by atoms with van der Waals surface area (Å²) >= 11 is 6.57. The SMILES string of the molecule is CC(C)(CCc1ccc(-c2ccc(Cl)c3c(N(C(=O)NC(CP(=O)(O)O)C(=O)O)S(C)(=O)=O)nn(CC(F)(F)F)c23)c([C@H](Cc2cc(F)cc(F)c2)NC(=O)Cn2nc(C(F)(F)F)c3c2C(F)(F)C2C[C@H]32)n1)S(C)(=O)=O. The van der Waals surface area contributed by atoms with Crippen molar-refractivity contribution >= 4 is 73.7 Å². The first kappa shape index (κ1) is 57.8. The van der Waals surface area contributed by atoms with Crippen LogP contribution in [-0.4, -0.2) is 110 Å². The summed E-state index contributed by atoms with van der Waals surface area (Å²) in [4.78, 5) is 63.4. The number of fused-ring (bicyclic) bond motifs is 4. The van der Waals surface area contributed by atoms with Crippen LogP contribution in [0.1, 0.15) is 72.6 Å². The number of nitrogens with zero attached hydrogens (tertiary/aromatic N) is 6. The second kappa shape index (κ2) is 19.8. The van der Waals surface area contributed by atoms with Crippen LogP contribution in [0.2, 0.25) is 5.02 Å². The molecule has 0 saturated heterocycles. The van der Waals surface area contributed by atoms with Crippen molar-refractivity contribution in [1.82, 2.24) is 35.2 Å². The van der Waals surface area contributed by atoms with Crippen LogP contribution >= 0.6 is 19.2 Å². The van der Waals surface area contributed by atoms with Crippen molar-refractivity contribution in [2.24, 2.45) is 5.92 Å². The Balaban J connectivity index is 1.47. The smallest absolute Gasteiger partial charge is 0.435 e. The summed E-state index contributed by atoms with van der Waals surface area (Å²) in [5, 5.41) is 19.3. The number of nitrogens with one attached hydrogen (secondary N) is 2. The minimum Gasteiger partial charge on any atom is -0.480 e. The Morgan fingerprint density at radius 2 is 1.55 bits per heavy atom. The highest BCUT2D eigenvalue weighted by atomic mass is 35.5. The Hall–Kier alpha value is -5.88. The fourth-order valence-corrected chi connectivity index (χ4v) is 11.1. The van der Waals surface area contributed by atoms with Crippen LogP contribution in [0.5, 0.6) is 0 Å². The minimum absolute atomic E-state index is 0.0309. The first-order valence-corrected chi connectivity index (χ1v) is 27.9. The Kier molecular flexibility index (Phi) is 15.1. The highest BCUT2D eigenvalue weighted by Gasteiger charge is 2.68. The number of pyridine rings is 1. The molecule has 2 aliphatic rings. The third-order valence-corrected chi connectivity index (χ3v) is 17.0. The largest absolute Gasteiger partial charge is 0.480 e. The highest BCUT2D eigenvalue weighted by Crippen LogP contribution is 2.68. The molecule has 19 nitrogen and oxygen atoms in total. The molecule has 2 unspecified atom stereocenters. The quantitative estimate of drug-likeness (QED) is 0.0438. The zero-order valence-corrected chi connectivity index (χ0v) is 42.8. The first-order valence-electron chi connectivity index (χ1n) is 22.0. The predicted molar refractivity (Wildman–Crippen MR) is 248 cm³/mol. The summed E-state index contributed by atoms with van der Waals surface area (Å²) in [6.07, 6.45) is -12.3. The van der Waals surface area contributed by atoms with E-state index >= 15 is 8.78 Å². The Bertz CT molecular complexity index is 3460. The number of hydrogen-bond donors (Lipinski definition) is 5. The predicted octanol–water partition coefficient (Wildman–Crippen LogP) is 6.98. The van der Waals surface area contributed by atoms with Gasteiger partial charge in [0.05, 0.1) is 44.8 Å². The van der Waals surface area contributed by atoms with Crippen molar-refractivity contribution in [3.8, 4) is 11.1 Å². The van der Waals surface area contributed by atoms with Gasteiger partial charge in [-0.05, 0) is 75.3 Å².